The second-order valence-electron chi connectivity index (χ2n) is 6.66. The number of esters is 1. The first-order valence-electron chi connectivity index (χ1n) is 8.81. The Hall–Kier alpha value is -2.64. The summed E-state index contributed by atoms with van der Waals surface area (Å²) in [6.07, 6.45) is 3.24. The molecule has 0 unspecified atom stereocenters. The first kappa shape index (κ1) is 19.7. The van der Waals surface area contributed by atoms with E-state index in [0.717, 1.165) is 31.7 Å². The van der Waals surface area contributed by atoms with Gasteiger partial charge in [-0.2, -0.15) is 0 Å². The molecule has 1 fully saturated rings. The second kappa shape index (κ2) is 8.64. The summed E-state index contributed by atoms with van der Waals surface area (Å²) in [6.45, 7) is 3.60. The maximum atomic E-state index is 12.4. The molecule has 0 bridgehead atoms. The van der Waals surface area contributed by atoms with E-state index >= 15 is 0 Å². The van der Waals surface area contributed by atoms with E-state index in [1.165, 1.54) is 19.1 Å². The van der Waals surface area contributed by atoms with E-state index in [1.807, 2.05) is 0 Å². The zero-order valence-corrected chi connectivity index (χ0v) is 15.3. The number of anilines is 1. The van der Waals surface area contributed by atoms with Gasteiger partial charge in [-0.15, -0.1) is 0 Å². The Kier molecular flexibility index (Phi) is 6.54. The van der Waals surface area contributed by atoms with Crippen molar-refractivity contribution in [3.63, 3.8) is 0 Å². The number of amides is 1. The third-order valence-corrected chi connectivity index (χ3v) is 4.80. The summed E-state index contributed by atoms with van der Waals surface area (Å²) in [7, 11) is 1.60. The van der Waals surface area contributed by atoms with Gasteiger partial charge in [0.05, 0.1) is 10.5 Å². The number of nitro benzene ring substituents is 1. The zero-order valence-electron chi connectivity index (χ0n) is 15.3. The van der Waals surface area contributed by atoms with Crippen LogP contribution in [0.3, 0.4) is 0 Å². The van der Waals surface area contributed by atoms with E-state index < -0.39 is 17.0 Å². The lowest BCUT2D eigenvalue weighted by molar-refractivity contribution is -0.384. The Morgan fingerprint density at radius 1 is 1.31 bits per heavy atom. The minimum absolute atomic E-state index is 0.0207. The van der Waals surface area contributed by atoms with Gasteiger partial charge in [0.2, 0.25) is 0 Å². The van der Waals surface area contributed by atoms with Gasteiger partial charge in [0.25, 0.3) is 11.6 Å². The smallest absolute Gasteiger partial charge is 0.341 e. The molecule has 8 nitrogen and oxygen atoms in total. The molecule has 142 valence electrons. The minimum atomic E-state index is -0.986. The highest BCUT2D eigenvalue weighted by Crippen LogP contribution is 2.25. The van der Waals surface area contributed by atoms with E-state index in [0.29, 0.717) is 11.6 Å². The first-order chi connectivity index (χ1) is 12.3. The van der Waals surface area contributed by atoms with Crippen LogP contribution in [-0.4, -0.2) is 36.0 Å². The van der Waals surface area contributed by atoms with E-state index in [-0.39, 0.29) is 23.2 Å². The summed E-state index contributed by atoms with van der Waals surface area (Å²) < 4.78 is 5.24. The number of hydrogen-bond donors (Lipinski definition) is 2. The van der Waals surface area contributed by atoms with Crippen LogP contribution in [-0.2, 0) is 9.53 Å². The standard InChI is InChI=1S/C18H25N3O5/c1-11-6-4-5-7-15(11)20-17(22)12(2)26-18(23)14-10-13(21(24)25)8-9-16(14)19-3/h8-12,15,19H,4-7H2,1-3H3,(H,20,22)/t11-,12+,15+/m0/s1. The molecule has 0 aromatic heterocycles. The summed E-state index contributed by atoms with van der Waals surface area (Å²) >= 11 is 0. The van der Waals surface area contributed by atoms with Crippen LogP contribution in [0.15, 0.2) is 18.2 Å². The van der Waals surface area contributed by atoms with Gasteiger partial charge in [-0.1, -0.05) is 19.8 Å². The molecule has 1 aliphatic carbocycles. The number of carbonyl (C=O) groups excluding carboxylic acids is 2. The Labute approximate surface area is 152 Å². The number of nitrogens with one attached hydrogen (secondary N) is 2. The quantitative estimate of drug-likeness (QED) is 0.457. The van der Waals surface area contributed by atoms with E-state index in [4.69, 9.17) is 4.74 Å². The van der Waals surface area contributed by atoms with Crippen molar-refractivity contribution in [3.8, 4) is 0 Å². The summed E-state index contributed by atoms with van der Waals surface area (Å²) in [6, 6.07) is 3.96. The Morgan fingerprint density at radius 2 is 2.00 bits per heavy atom. The Balaban J connectivity index is 2.05. The Morgan fingerprint density at radius 3 is 2.62 bits per heavy atom. The van der Waals surface area contributed by atoms with Crippen molar-refractivity contribution in [2.45, 2.75) is 51.7 Å². The van der Waals surface area contributed by atoms with Crippen molar-refractivity contribution in [2.24, 2.45) is 5.92 Å². The molecule has 3 atom stereocenters. The normalized spacial score (nSPS) is 20.7. The topological polar surface area (TPSA) is 111 Å². The van der Waals surface area contributed by atoms with Gasteiger partial charge in [0.1, 0.15) is 0 Å². The Bertz CT molecular complexity index is 691. The van der Waals surface area contributed by atoms with E-state index in [2.05, 4.69) is 17.6 Å². The van der Waals surface area contributed by atoms with Gasteiger partial charge in [-0.05, 0) is 31.7 Å². The average molecular weight is 363 g/mol. The van der Waals surface area contributed by atoms with E-state index in [9.17, 15) is 19.7 Å². The lowest BCUT2D eigenvalue weighted by atomic mass is 9.86. The summed E-state index contributed by atoms with van der Waals surface area (Å²) in [5.41, 5.74) is 0.200. The van der Waals surface area contributed by atoms with Crippen LogP contribution in [0, 0.1) is 16.0 Å². The second-order valence-corrected chi connectivity index (χ2v) is 6.66. The molecule has 2 rings (SSSR count). The lowest BCUT2D eigenvalue weighted by Gasteiger charge is -2.30. The third kappa shape index (κ3) is 4.71. The number of hydrogen-bond acceptors (Lipinski definition) is 6. The zero-order chi connectivity index (χ0) is 19.3. The maximum absolute atomic E-state index is 12.4. The highest BCUT2D eigenvalue weighted by Gasteiger charge is 2.27. The van der Waals surface area contributed by atoms with Crippen molar-refractivity contribution in [2.75, 3.05) is 12.4 Å². The fourth-order valence-corrected chi connectivity index (χ4v) is 3.14. The van der Waals surface area contributed by atoms with Crippen LogP contribution in [0.25, 0.3) is 0 Å². The molecule has 26 heavy (non-hydrogen) atoms. The van der Waals surface area contributed by atoms with Crippen LogP contribution in [0.1, 0.15) is 49.9 Å². The van der Waals surface area contributed by atoms with Gasteiger partial charge in [-0.3, -0.25) is 14.9 Å². The molecule has 1 aromatic carbocycles. The predicted octanol–water partition coefficient (Wildman–Crippen LogP) is 2.88. The van der Waals surface area contributed by atoms with Crippen LogP contribution in [0.4, 0.5) is 11.4 Å². The molecule has 2 N–H and O–H groups in total. The molecule has 1 aliphatic rings. The van der Waals surface area contributed by atoms with Crippen molar-refractivity contribution >= 4 is 23.3 Å². The number of carbonyl (C=O) groups is 2. The number of non-ortho nitro benzene ring substituents is 1. The molecule has 0 saturated heterocycles. The van der Waals surface area contributed by atoms with Crippen molar-refractivity contribution in [1.82, 2.24) is 5.32 Å². The van der Waals surface area contributed by atoms with Crippen molar-refractivity contribution in [3.05, 3.63) is 33.9 Å². The molecule has 8 heteroatoms. The van der Waals surface area contributed by atoms with Crippen LogP contribution >= 0.6 is 0 Å². The van der Waals surface area contributed by atoms with Crippen molar-refractivity contribution < 1.29 is 19.2 Å². The molecular weight excluding hydrogens is 338 g/mol. The third-order valence-electron chi connectivity index (χ3n) is 4.80. The average Bonchev–Trinajstić information content (AvgIpc) is 2.62. The van der Waals surface area contributed by atoms with Crippen molar-refractivity contribution in [1.29, 1.82) is 0 Å². The summed E-state index contributed by atoms with van der Waals surface area (Å²) in [5.74, 6) is -0.741. The number of ether oxygens (including phenoxy) is 1. The molecule has 0 heterocycles. The number of benzene rings is 1. The molecular formula is C18H25N3O5. The fourth-order valence-electron chi connectivity index (χ4n) is 3.14. The predicted molar refractivity (Wildman–Crippen MR) is 97.1 cm³/mol. The minimum Gasteiger partial charge on any atom is -0.449 e. The number of nitro groups is 1. The van der Waals surface area contributed by atoms with Crippen LogP contribution < -0.4 is 10.6 Å². The van der Waals surface area contributed by atoms with Crippen LogP contribution in [0.2, 0.25) is 0 Å². The van der Waals surface area contributed by atoms with Gasteiger partial charge in [-0.25, -0.2) is 4.79 Å². The van der Waals surface area contributed by atoms with Gasteiger partial charge in [0.15, 0.2) is 6.10 Å². The molecule has 1 saturated carbocycles. The van der Waals surface area contributed by atoms with E-state index in [1.54, 1.807) is 7.05 Å². The monoisotopic (exact) mass is 363 g/mol. The first-order valence-corrected chi connectivity index (χ1v) is 8.81. The highest BCUT2D eigenvalue weighted by atomic mass is 16.6. The SMILES string of the molecule is CNc1ccc([N+](=O)[O-])cc1C(=O)O[C@H](C)C(=O)N[C@@H]1CCCC[C@@H]1C. The fraction of sp³-hybridized carbons (Fsp3) is 0.556. The molecule has 0 spiro atoms. The number of rotatable bonds is 6. The van der Waals surface area contributed by atoms with Gasteiger partial charge < -0.3 is 15.4 Å². The maximum Gasteiger partial charge on any atom is 0.341 e. The number of nitrogens with zero attached hydrogens (tertiary/aromatic N) is 1. The molecule has 1 aromatic rings. The molecule has 0 aliphatic heterocycles. The molecule has 1 amide bonds. The lowest BCUT2D eigenvalue weighted by Crippen LogP contribution is -2.46. The van der Waals surface area contributed by atoms with Gasteiger partial charge >= 0.3 is 5.97 Å². The highest BCUT2D eigenvalue weighted by molar-refractivity contribution is 5.98. The van der Waals surface area contributed by atoms with Crippen LogP contribution in [0.5, 0.6) is 0 Å². The molecule has 0 radical (unpaired) electrons. The largest absolute Gasteiger partial charge is 0.449 e. The van der Waals surface area contributed by atoms with Gasteiger partial charge in [0, 0.05) is 30.9 Å². The summed E-state index contributed by atoms with van der Waals surface area (Å²) in [5, 5.41) is 16.7. The summed E-state index contributed by atoms with van der Waals surface area (Å²) in [4.78, 5) is 35.1.